The lowest BCUT2D eigenvalue weighted by Crippen LogP contribution is -2.43. The first-order chi connectivity index (χ1) is 10.3. The molecule has 1 aromatic rings. The van der Waals surface area contributed by atoms with Gasteiger partial charge in [0.2, 0.25) is 0 Å². The minimum atomic E-state index is 0.621. The third-order valence-electron chi connectivity index (χ3n) is 3.76. The molecule has 0 spiro atoms. The van der Waals surface area contributed by atoms with Crippen LogP contribution in [0.25, 0.3) is 0 Å². The van der Waals surface area contributed by atoms with Crippen molar-refractivity contribution in [1.29, 1.82) is 0 Å². The van der Waals surface area contributed by atoms with Crippen molar-refractivity contribution in [1.82, 2.24) is 5.32 Å². The molecule has 0 saturated carbocycles. The normalized spacial score (nSPS) is 15.2. The van der Waals surface area contributed by atoms with Crippen LogP contribution in [0.4, 0.5) is 5.69 Å². The molecule has 0 amide bonds. The van der Waals surface area contributed by atoms with Gasteiger partial charge in [-0.1, -0.05) is 13.3 Å². The van der Waals surface area contributed by atoms with Gasteiger partial charge in [-0.25, -0.2) is 0 Å². The van der Waals surface area contributed by atoms with Gasteiger partial charge in [-0.3, -0.25) is 0 Å². The van der Waals surface area contributed by atoms with Crippen LogP contribution in [0.2, 0.25) is 0 Å². The number of hydrogen-bond donors (Lipinski definition) is 1. The number of benzene rings is 1. The topological polar surface area (TPSA) is 33.7 Å². The van der Waals surface area contributed by atoms with E-state index in [4.69, 9.17) is 9.47 Å². The Morgan fingerprint density at radius 3 is 2.67 bits per heavy atom. The maximum Gasteiger partial charge on any atom is 0.119 e. The molecule has 1 aliphatic heterocycles. The summed E-state index contributed by atoms with van der Waals surface area (Å²) in [6, 6.07) is 6.37. The summed E-state index contributed by atoms with van der Waals surface area (Å²) in [4.78, 5) is 2.43. The molecule has 1 heterocycles. The van der Waals surface area contributed by atoms with Gasteiger partial charge in [0.15, 0.2) is 0 Å². The fraction of sp³-hybridized carbons (Fsp3) is 0.647. The van der Waals surface area contributed by atoms with E-state index in [-0.39, 0.29) is 0 Å². The van der Waals surface area contributed by atoms with E-state index in [0.717, 1.165) is 45.0 Å². The van der Waals surface area contributed by atoms with Gasteiger partial charge in [-0.15, -0.1) is 0 Å². The number of rotatable bonds is 8. The molecule has 4 nitrogen and oxygen atoms in total. The Morgan fingerprint density at radius 2 is 1.95 bits per heavy atom. The molecule has 0 aliphatic carbocycles. The van der Waals surface area contributed by atoms with Crippen molar-refractivity contribution in [3.05, 3.63) is 23.8 Å². The van der Waals surface area contributed by atoms with Crippen molar-refractivity contribution in [2.75, 3.05) is 50.9 Å². The van der Waals surface area contributed by atoms with Gasteiger partial charge in [-0.05, 0) is 37.1 Å². The molecule has 0 aromatic heterocycles. The van der Waals surface area contributed by atoms with Crippen LogP contribution in [-0.4, -0.2) is 46.0 Å². The smallest absolute Gasteiger partial charge is 0.119 e. The summed E-state index contributed by atoms with van der Waals surface area (Å²) >= 11 is 0. The SMILES string of the molecule is CCCCOCCOc1ccc(N2CCNCC2)c(C)c1. The van der Waals surface area contributed by atoms with E-state index in [0.29, 0.717) is 13.2 Å². The lowest BCUT2D eigenvalue weighted by Gasteiger charge is -2.30. The fourth-order valence-electron chi connectivity index (χ4n) is 2.55. The lowest BCUT2D eigenvalue weighted by atomic mass is 10.1. The molecule has 0 bridgehead atoms. The van der Waals surface area contributed by atoms with Crippen LogP contribution in [0.15, 0.2) is 18.2 Å². The number of nitrogens with one attached hydrogen (secondary N) is 1. The van der Waals surface area contributed by atoms with Gasteiger partial charge in [-0.2, -0.15) is 0 Å². The van der Waals surface area contributed by atoms with Crippen LogP contribution in [0.3, 0.4) is 0 Å². The molecule has 1 saturated heterocycles. The molecule has 1 fully saturated rings. The first-order valence-electron chi connectivity index (χ1n) is 8.08. The summed E-state index contributed by atoms with van der Waals surface area (Å²) in [6.45, 7) is 10.7. The molecule has 2 rings (SSSR count). The predicted molar refractivity (Wildman–Crippen MR) is 87.5 cm³/mol. The largest absolute Gasteiger partial charge is 0.491 e. The average molecular weight is 292 g/mol. The van der Waals surface area contributed by atoms with Gasteiger partial charge in [0.25, 0.3) is 0 Å². The second kappa shape index (κ2) is 8.90. The Morgan fingerprint density at radius 1 is 1.14 bits per heavy atom. The van der Waals surface area contributed by atoms with Crippen molar-refractivity contribution in [2.24, 2.45) is 0 Å². The number of unbranched alkanes of at least 4 members (excludes halogenated alkanes) is 1. The quantitative estimate of drug-likeness (QED) is 0.747. The zero-order valence-electron chi connectivity index (χ0n) is 13.4. The van der Waals surface area contributed by atoms with E-state index < -0.39 is 0 Å². The molecule has 1 aliphatic rings. The number of ether oxygens (including phenoxy) is 2. The molecule has 4 heteroatoms. The van der Waals surface area contributed by atoms with Crippen LogP contribution < -0.4 is 15.0 Å². The minimum Gasteiger partial charge on any atom is -0.491 e. The van der Waals surface area contributed by atoms with Crippen molar-refractivity contribution in [2.45, 2.75) is 26.7 Å². The van der Waals surface area contributed by atoms with Gasteiger partial charge < -0.3 is 19.7 Å². The molecule has 21 heavy (non-hydrogen) atoms. The van der Waals surface area contributed by atoms with Crippen LogP contribution in [-0.2, 0) is 4.74 Å². The monoisotopic (exact) mass is 292 g/mol. The van der Waals surface area contributed by atoms with E-state index in [1.165, 1.54) is 17.7 Å². The van der Waals surface area contributed by atoms with E-state index in [1.54, 1.807) is 0 Å². The number of hydrogen-bond acceptors (Lipinski definition) is 4. The molecule has 0 unspecified atom stereocenters. The molecule has 1 aromatic carbocycles. The summed E-state index contributed by atoms with van der Waals surface area (Å²) in [6.07, 6.45) is 2.30. The Kier molecular flexibility index (Phi) is 6.83. The van der Waals surface area contributed by atoms with E-state index in [1.807, 2.05) is 0 Å². The highest BCUT2D eigenvalue weighted by atomic mass is 16.5. The van der Waals surface area contributed by atoms with Gasteiger partial charge in [0, 0.05) is 38.5 Å². The number of piperazine rings is 1. The van der Waals surface area contributed by atoms with Crippen LogP contribution >= 0.6 is 0 Å². The third-order valence-corrected chi connectivity index (χ3v) is 3.76. The number of nitrogens with zero attached hydrogens (tertiary/aromatic N) is 1. The second-order valence-electron chi connectivity index (χ2n) is 5.50. The predicted octanol–water partition coefficient (Wildman–Crippen LogP) is 2.60. The van der Waals surface area contributed by atoms with Gasteiger partial charge in [0.05, 0.1) is 6.61 Å². The van der Waals surface area contributed by atoms with Crippen LogP contribution in [0.5, 0.6) is 5.75 Å². The Bertz CT molecular complexity index is 417. The Balaban J connectivity index is 1.78. The molecule has 118 valence electrons. The van der Waals surface area contributed by atoms with Gasteiger partial charge in [0.1, 0.15) is 12.4 Å². The summed E-state index contributed by atoms with van der Waals surface area (Å²) in [5.74, 6) is 0.936. The molecular formula is C17H28N2O2. The second-order valence-corrected chi connectivity index (χ2v) is 5.50. The highest BCUT2D eigenvalue weighted by molar-refractivity contribution is 5.56. The highest BCUT2D eigenvalue weighted by Crippen LogP contribution is 2.25. The first kappa shape index (κ1) is 16.1. The summed E-state index contributed by atoms with van der Waals surface area (Å²) in [5.41, 5.74) is 2.60. The van der Waals surface area contributed by atoms with E-state index in [2.05, 4.69) is 42.3 Å². The minimum absolute atomic E-state index is 0.621. The maximum atomic E-state index is 5.75. The highest BCUT2D eigenvalue weighted by Gasteiger charge is 2.12. The first-order valence-corrected chi connectivity index (χ1v) is 8.08. The zero-order chi connectivity index (χ0) is 14.9. The van der Waals surface area contributed by atoms with Crippen molar-refractivity contribution < 1.29 is 9.47 Å². The van der Waals surface area contributed by atoms with Crippen molar-refractivity contribution >= 4 is 5.69 Å². The van der Waals surface area contributed by atoms with E-state index >= 15 is 0 Å². The third kappa shape index (κ3) is 5.21. The summed E-state index contributed by atoms with van der Waals surface area (Å²) < 4.78 is 11.3. The van der Waals surface area contributed by atoms with Crippen LogP contribution in [0, 0.1) is 6.92 Å². The number of aryl methyl sites for hydroxylation is 1. The zero-order valence-corrected chi connectivity index (χ0v) is 13.4. The maximum absolute atomic E-state index is 5.75. The standard InChI is InChI=1S/C17H28N2O2/c1-3-4-11-20-12-13-21-16-5-6-17(15(2)14-16)19-9-7-18-8-10-19/h5-6,14,18H,3-4,7-13H2,1-2H3. The Hall–Kier alpha value is -1.26. The van der Waals surface area contributed by atoms with Crippen molar-refractivity contribution in [3.63, 3.8) is 0 Å². The molecular weight excluding hydrogens is 264 g/mol. The lowest BCUT2D eigenvalue weighted by molar-refractivity contribution is 0.0980. The fourth-order valence-corrected chi connectivity index (χ4v) is 2.55. The molecule has 0 radical (unpaired) electrons. The van der Waals surface area contributed by atoms with Crippen molar-refractivity contribution in [3.8, 4) is 5.75 Å². The van der Waals surface area contributed by atoms with E-state index in [9.17, 15) is 0 Å². The average Bonchev–Trinajstić information content (AvgIpc) is 2.52. The summed E-state index contributed by atoms with van der Waals surface area (Å²) in [5, 5.41) is 3.38. The summed E-state index contributed by atoms with van der Waals surface area (Å²) in [7, 11) is 0. The molecule has 1 N–H and O–H groups in total. The number of anilines is 1. The van der Waals surface area contributed by atoms with Gasteiger partial charge >= 0.3 is 0 Å². The van der Waals surface area contributed by atoms with Crippen LogP contribution in [0.1, 0.15) is 25.3 Å². The molecule has 0 atom stereocenters. The Labute approximate surface area is 128 Å².